The summed E-state index contributed by atoms with van der Waals surface area (Å²) in [5, 5.41) is 6.85. The molecule has 3 aromatic rings. The van der Waals surface area contributed by atoms with Crippen LogP contribution in [0.5, 0.6) is 0 Å². The quantitative estimate of drug-likeness (QED) is 0.744. The van der Waals surface area contributed by atoms with Gasteiger partial charge in [-0.3, -0.25) is 9.59 Å². The first-order chi connectivity index (χ1) is 13.5. The second-order valence-corrected chi connectivity index (χ2v) is 7.01. The number of rotatable bonds is 3. The van der Waals surface area contributed by atoms with Crippen LogP contribution in [0.2, 0.25) is 0 Å². The van der Waals surface area contributed by atoms with Crippen molar-refractivity contribution in [2.75, 3.05) is 16.8 Å². The Hall–Kier alpha value is -3.41. The highest BCUT2D eigenvalue weighted by atomic mass is 16.5. The van der Waals surface area contributed by atoms with Crippen LogP contribution in [0.4, 0.5) is 11.4 Å². The number of nitrogens with one attached hydrogen (secondary N) is 1. The fraction of sp³-hybridized carbons (Fsp3) is 0.227. The van der Waals surface area contributed by atoms with Gasteiger partial charge >= 0.3 is 0 Å². The molecule has 1 N–H and O–H groups in total. The zero-order chi connectivity index (χ0) is 19.7. The molecular weight excluding hydrogens is 354 g/mol. The first kappa shape index (κ1) is 18.0. The monoisotopic (exact) mass is 375 g/mol. The summed E-state index contributed by atoms with van der Waals surface area (Å²) in [6.07, 6.45) is 1.79. The van der Waals surface area contributed by atoms with Crippen LogP contribution in [0.3, 0.4) is 0 Å². The van der Waals surface area contributed by atoms with Gasteiger partial charge in [0.1, 0.15) is 5.69 Å². The van der Waals surface area contributed by atoms with E-state index < -0.39 is 0 Å². The second kappa shape index (κ2) is 7.31. The van der Waals surface area contributed by atoms with Crippen LogP contribution in [0.25, 0.3) is 11.3 Å². The highest BCUT2D eigenvalue weighted by molar-refractivity contribution is 6.03. The van der Waals surface area contributed by atoms with E-state index in [1.54, 1.807) is 24.0 Å². The molecule has 0 unspecified atom stereocenters. The van der Waals surface area contributed by atoms with Crippen LogP contribution in [0.15, 0.2) is 53.1 Å². The van der Waals surface area contributed by atoms with Gasteiger partial charge in [-0.15, -0.1) is 0 Å². The number of anilines is 2. The first-order valence-electron chi connectivity index (χ1n) is 9.27. The Bertz CT molecular complexity index is 1040. The van der Waals surface area contributed by atoms with E-state index in [2.05, 4.69) is 10.5 Å². The van der Waals surface area contributed by atoms with Crippen molar-refractivity contribution < 1.29 is 14.1 Å². The molecule has 2 amide bonds. The van der Waals surface area contributed by atoms with Crippen molar-refractivity contribution in [3.05, 3.63) is 65.4 Å². The molecule has 4 rings (SSSR count). The third-order valence-corrected chi connectivity index (χ3v) is 4.92. The van der Waals surface area contributed by atoms with Gasteiger partial charge in [-0.25, -0.2) is 0 Å². The van der Waals surface area contributed by atoms with E-state index in [-0.39, 0.29) is 17.6 Å². The molecule has 1 aliphatic heterocycles. The average Bonchev–Trinajstić information content (AvgIpc) is 3.18. The smallest absolute Gasteiger partial charge is 0.294 e. The third-order valence-electron chi connectivity index (χ3n) is 4.92. The number of hydrogen-bond donors (Lipinski definition) is 1. The van der Waals surface area contributed by atoms with Crippen molar-refractivity contribution in [1.82, 2.24) is 5.16 Å². The molecule has 28 heavy (non-hydrogen) atoms. The zero-order valence-corrected chi connectivity index (χ0v) is 15.9. The van der Waals surface area contributed by atoms with Crippen LogP contribution < -0.4 is 10.2 Å². The van der Waals surface area contributed by atoms with Gasteiger partial charge in [0.15, 0.2) is 0 Å². The molecule has 0 radical (unpaired) electrons. The highest BCUT2D eigenvalue weighted by Crippen LogP contribution is 2.30. The molecule has 1 aromatic heterocycles. The van der Waals surface area contributed by atoms with Crippen molar-refractivity contribution in [3.63, 3.8) is 0 Å². The Morgan fingerprint density at radius 1 is 1.11 bits per heavy atom. The summed E-state index contributed by atoms with van der Waals surface area (Å²) in [5.41, 5.74) is 5.30. The predicted octanol–water partition coefficient (Wildman–Crippen LogP) is 4.20. The van der Waals surface area contributed by atoms with Crippen molar-refractivity contribution in [1.29, 1.82) is 0 Å². The molecule has 0 spiro atoms. The van der Waals surface area contributed by atoms with E-state index in [0.29, 0.717) is 11.4 Å². The molecule has 0 bridgehead atoms. The number of nitrogens with zero attached hydrogens (tertiary/aromatic N) is 2. The number of benzene rings is 2. The fourth-order valence-electron chi connectivity index (χ4n) is 3.44. The maximum Gasteiger partial charge on any atom is 0.294 e. The summed E-state index contributed by atoms with van der Waals surface area (Å²) in [6.45, 7) is 4.31. The summed E-state index contributed by atoms with van der Waals surface area (Å²) in [5.74, 6) is -0.174. The molecule has 2 aromatic carbocycles. The maximum atomic E-state index is 12.5. The fourth-order valence-corrected chi connectivity index (χ4v) is 3.44. The summed E-state index contributed by atoms with van der Waals surface area (Å²) in [4.78, 5) is 26.1. The molecule has 6 nitrogen and oxygen atoms in total. The van der Waals surface area contributed by atoms with Gasteiger partial charge in [0.2, 0.25) is 11.7 Å². The largest absolute Gasteiger partial charge is 0.350 e. The number of amides is 2. The molecule has 6 heteroatoms. The zero-order valence-electron chi connectivity index (χ0n) is 15.9. The van der Waals surface area contributed by atoms with Gasteiger partial charge in [0.05, 0.1) is 0 Å². The predicted molar refractivity (Wildman–Crippen MR) is 107 cm³/mol. The van der Waals surface area contributed by atoms with Gasteiger partial charge in [-0.05, 0) is 43.5 Å². The maximum absolute atomic E-state index is 12.5. The van der Waals surface area contributed by atoms with Gasteiger partial charge in [0.25, 0.3) is 5.91 Å². The molecule has 0 saturated heterocycles. The molecule has 142 valence electrons. The van der Waals surface area contributed by atoms with Crippen LogP contribution in [0, 0.1) is 6.92 Å². The van der Waals surface area contributed by atoms with Crippen LogP contribution >= 0.6 is 0 Å². The number of carbonyl (C=O) groups excluding carboxylic acids is 2. The number of hydrogen-bond acceptors (Lipinski definition) is 4. The molecule has 0 aliphatic carbocycles. The molecule has 1 aliphatic rings. The lowest BCUT2D eigenvalue weighted by molar-refractivity contribution is -0.116. The van der Waals surface area contributed by atoms with E-state index in [0.717, 1.165) is 41.8 Å². The Kier molecular flexibility index (Phi) is 4.69. The highest BCUT2D eigenvalue weighted by Gasteiger charge is 2.21. The van der Waals surface area contributed by atoms with Crippen LogP contribution in [0.1, 0.15) is 35.0 Å². The van der Waals surface area contributed by atoms with Gasteiger partial charge in [-0.1, -0.05) is 35.0 Å². The van der Waals surface area contributed by atoms with E-state index in [1.807, 2.05) is 43.3 Å². The SMILES string of the molecule is CC(=O)N1CCCc2cc(NC(=O)c3cc(-c4ccc(C)cc4)no3)ccc21. The minimum atomic E-state index is -0.356. The number of carbonyl (C=O) groups is 2. The first-order valence-corrected chi connectivity index (χ1v) is 9.27. The summed E-state index contributed by atoms with van der Waals surface area (Å²) in [6, 6.07) is 15.1. The molecule has 0 fully saturated rings. The van der Waals surface area contributed by atoms with Crippen molar-refractivity contribution in [2.24, 2.45) is 0 Å². The van der Waals surface area contributed by atoms with Crippen molar-refractivity contribution in [2.45, 2.75) is 26.7 Å². The van der Waals surface area contributed by atoms with Gasteiger partial charge < -0.3 is 14.7 Å². The molecule has 0 saturated carbocycles. The Labute approximate surface area is 163 Å². The average molecular weight is 375 g/mol. The minimum absolute atomic E-state index is 0.0306. The number of aromatic nitrogens is 1. The van der Waals surface area contributed by atoms with E-state index in [4.69, 9.17) is 4.52 Å². The lowest BCUT2D eigenvalue weighted by atomic mass is 10.0. The van der Waals surface area contributed by atoms with Gasteiger partial charge in [-0.2, -0.15) is 0 Å². The van der Waals surface area contributed by atoms with Crippen LogP contribution in [-0.4, -0.2) is 23.5 Å². The van der Waals surface area contributed by atoms with E-state index in [9.17, 15) is 9.59 Å². The van der Waals surface area contributed by atoms with Crippen molar-refractivity contribution >= 4 is 23.2 Å². The Balaban J connectivity index is 1.51. The number of aryl methyl sites for hydroxylation is 2. The second-order valence-electron chi connectivity index (χ2n) is 7.01. The Morgan fingerprint density at radius 2 is 1.89 bits per heavy atom. The lowest BCUT2D eigenvalue weighted by Crippen LogP contribution is -2.33. The summed E-state index contributed by atoms with van der Waals surface area (Å²) in [7, 11) is 0. The Morgan fingerprint density at radius 3 is 2.64 bits per heavy atom. The van der Waals surface area contributed by atoms with E-state index >= 15 is 0 Å². The molecule has 0 atom stereocenters. The van der Waals surface area contributed by atoms with Crippen LogP contribution in [-0.2, 0) is 11.2 Å². The van der Waals surface area contributed by atoms with E-state index in [1.165, 1.54) is 0 Å². The lowest BCUT2D eigenvalue weighted by Gasteiger charge is -2.28. The molecule has 2 heterocycles. The third kappa shape index (κ3) is 3.53. The molecular formula is C22H21N3O3. The minimum Gasteiger partial charge on any atom is -0.350 e. The van der Waals surface area contributed by atoms with Gasteiger partial charge in [0, 0.05) is 36.5 Å². The van der Waals surface area contributed by atoms with Crippen molar-refractivity contribution in [3.8, 4) is 11.3 Å². The standard InChI is InChI=1S/C22H21N3O3/c1-14-5-7-16(8-6-14)19-13-21(28-24-19)22(27)23-18-9-10-20-17(12-18)4-3-11-25(20)15(2)26/h5-10,12-13H,3-4,11H2,1-2H3,(H,23,27). The normalized spacial score (nSPS) is 13.1. The summed E-state index contributed by atoms with van der Waals surface area (Å²) < 4.78 is 5.23. The topological polar surface area (TPSA) is 75.4 Å². The summed E-state index contributed by atoms with van der Waals surface area (Å²) >= 11 is 0. The number of fused-ring (bicyclic) bond motifs is 1.